The van der Waals surface area contributed by atoms with Crippen LogP contribution in [-0.2, 0) is 28.6 Å². The molecule has 0 radical (unpaired) electrons. The zero-order chi connectivity index (χ0) is 59.9. The molecule has 0 aliphatic rings. The number of hydrogen-bond acceptors (Lipinski definition) is 6. The van der Waals surface area contributed by atoms with E-state index in [-0.39, 0.29) is 31.1 Å². The van der Waals surface area contributed by atoms with E-state index < -0.39 is 6.10 Å². The van der Waals surface area contributed by atoms with Gasteiger partial charge in [0.25, 0.3) is 0 Å². The molecule has 0 aromatic carbocycles. The third-order valence-electron chi connectivity index (χ3n) is 17.1. The first-order valence-electron chi connectivity index (χ1n) is 37.5. The van der Waals surface area contributed by atoms with Crippen molar-refractivity contribution >= 4 is 17.9 Å². The summed E-state index contributed by atoms with van der Waals surface area (Å²) in [7, 11) is 0. The maximum Gasteiger partial charge on any atom is 0.306 e. The molecule has 6 nitrogen and oxygen atoms in total. The Morgan fingerprint density at radius 3 is 0.699 bits per heavy atom. The Labute approximate surface area is 518 Å². The highest BCUT2D eigenvalue weighted by molar-refractivity contribution is 5.71. The Kier molecular flexibility index (Phi) is 70.0. The molecule has 0 amide bonds. The Hall–Kier alpha value is -2.37. The van der Waals surface area contributed by atoms with Crippen LogP contribution in [0.1, 0.15) is 419 Å². The number of esters is 3. The summed E-state index contributed by atoms with van der Waals surface area (Å²) in [6.07, 6.45) is 90.5. The van der Waals surface area contributed by atoms with Gasteiger partial charge in [0, 0.05) is 19.3 Å². The molecule has 488 valence electrons. The molecule has 0 N–H and O–H groups in total. The largest absolute Gasteiger partial charge is 0.462 e. The molecule has 0 aliphatic carbocycles. The van der Waals surface area contributed by atoms with Crippen molar-refractivity contribution in [3.8, 4) is 0 Å². The quantitative estimate of drug-likeness (QED) is 0.0261. The van der Waals surface area contributed by atoms with Crippen LogP contribution >= 0.6 is 0 Å². The van der Waals surface area contributed by atoms with Crippen molar-refractivity contribution in [2.24, 2.45) is 0 Å². The van der Waals surface area contributed by atoms with Gasteiger partial charge < -0.3 is 14.2 Å². The predicted molar refractivity (Wildman–Crippen MR) is 362 cm³/mol. The van der Waals surface area contributed by atoms with Crippen molar-refractivity contribution in [3.05, 3.63) is 36.5 Å². The fraction of sp³-hybridized carbons (Fsp3) is 0.883. The van der Waals surface area contributed by atoms with E-state index in [1.807, 2.05) is 0 Å². The molecule has 83 heavy (non-hydrogen) atoms. The van der Waals surface area contributed by atoms with Gasteiger partial charge in [-0.2, -0.15) is 0 Å². The van der Waals surface area contributed by atoms with Gasteiger partial charge >= 0.3 is 17.9 Å². The van der Waals surface area contributed by atoms with Crippen LogP contribution in [0, 0.1) is 0 Å². The van der Waals surface area contributed by atoms with Gasteiger partial charge in [0.05, 0.1) is 0 Å². The minimum absolute atomic E-state index is 0.0694. The lowest BCUT2D eigenvalue weighted by Gasteiger charge is -2.18. The van der Waals surface area contributed by atoms with Gasteiger partial charge in [-0.3, -0.25) is 14.4 Å². The molecule has 0 aliphatic heterocycles. The van der Waals surface area contributed by atoms with E-state index in [2.05, 4.69) is 57.2 Å². The standard InChI is InChI=1S/C77H144O6/c1-4-7-10-13-16-19-22-25-28-30-31-32-33-34-35-36-37-38-39-40-41-42-43-44-45-47-49-52-55-58-61-64-67-70-76(79)82-73-74(72-81-75(78)69-66-63-60-57-54-51-48-27-24-21-18-15-12-9-6-3)83-77(80)71-68-65-62-59-56-53-50-46-29-26-23-20-17-14-11-8-5-2/h17,20,26,29-31,74H,4-16,18-19,21-25,27-28,32-73H2,1-3H3/b20-17-,29-26-,31-30-. The van der Waals surface area contributed by atoms with E-state index in [0.717, 1.165) is 70.6 Å². The number of carbonyl (C=O) groups is 3. The Balaban J connectivity index is 4.13. The summed E-state index contributed by atoms with van der Waals surface area (Å²) in [5, 5.41) is 0. The third-order valence-corrected chi connectivity index (χ3v) is 17.1. The summed E-state index contributed by atoms with van der Waals surface area (Å²) in [6.45, 7) is 6.69. The topological polar surface area (TPSA) is 78.9 Å². The second-order valence-corrected chi connectivity index (χ2v) is 25.6. The maximum absolute atomic E-state index is 12.9. The first kappa shape index (κ1) is 80.6. The number of unbranched alkanes of at least 4 members (excludes halogenated alkanes) is 53. The van der Waals surface area contributed by atoms with Crippen LogP contribution in [0.5, 0.6) is 0 Å². The van der Waals surface area contributed by atoms with Crippen molar-refractivity contribution in [3.63, 3.8) is 0 Å². The number of allylic oxidation sites excluding steroid dienone is 6. The number of ether oxygens (including phenoxy) is 3. The van der Waals surface area contributed by atoms with E-state index in [9.17, 15) is 14.4 Å². The Morgan fingerprint density at radius 2 is 0.434 bits per heavy atom. The fourth-order valence-electron chi connectivity index (χ4n) is 11.5. The summed E-state index contributed by atoms with van der Waals surface area (Å²) in [5.41, 5.74) is 0. The Morgan fingerprint density at radius 1 is 0.241 bits per heavy atom. The molecular formula is C77H144O6. The zero-order valence-electron chi connectivity index (χ0n) is 56.2. The van der Waals surface area contributed by atoms with Gasteiger partial charge in [-0.1, -0.05) is 359 Å². The molecule has 0 spiro atoms. The zero-order valence-corrected chi connectivity index (χ0v) is 56.2. The van der Waals surface area contributed by atoms with Gasteiger partial charge in [0.2, 0.25) is 0 Å². The van der Waals surface area contributed by atoms with E-state index in [0.29, 0.717) is 19.3 Å². The van der Waals surface area contributed by atoms with Crippen LogP contribution in [0.15, 0.2) is 36.5 Å². The average Bonchev–Trinajstić information content (AvgIpc) is 3.49. The summed E-state index contributed by atoms with van der Waals surface area (Å²) >= 11 is 0. The molecule has 0 heterocycles. The van der Waals surface area contributed by atoms with E-state index in [1.165, 1.54) is 308 Å². The molecule has 0 saturated heterocycles. The van der Waals surface area contributed by atoms with Crippen molar-refractivity contribution in [1.29, 1.82) is 0 Å². The highest BCUT2D eigenvalue weighted by Gasteiger charge is 2.20. The number of rotatable bonds is 70. The lowest BCUT2D eigenvalue weighted by Crippen LogP contribution is -2.30. The molecule has 1 unspecified atom stereocenters. The smallest absolute Gasteiger partial charge is 0.306 e. The molecule has 6 heteroatoms. The van der Waals surface area contributed by atoms with Crippen LogP contribution in [0.4, 0.5) is 0 Å². The third kappa shape index (κ3) is 70.3. The Bertz CT molecular complexity index is 1380. The minimum Gasteiger partial charge on any atom is -0.462 e. The lowest BCUT2D eigenvalue weighted by atomic mass is 10.0. The first-order valence-corrected chi connectivity index (χ1v) is 37.5. The van der Waals surface area contributed by atoms with Crippen LogP contribution < -0.4 is 0 Å². The van der Waals surface area contributed by atoms with Crippen LogP contribution in [-0.4, -0.2) is 37.2 Å². The summed E-state index contributed by atoms with van der Waals surface area (Å²) in [4.78, 5) is 38.5. The number of hydrogen-bond donors (Lipinski definition) is 0. The predicted octanol–water partition coefficient (Wildman–Crippen LogP) is 25.9. The van der Waals surface area contributed by atoms with E-state index in [4.69, 9.17) is 14.2 Å². The maximum atomic E-state index is 12.9. The molecule has 0 aromatic heterocycles. The lowest BCUT2D eigenvalue weighted by molar-refractivity contribution is -0.167. The van der Waals surface area contributed by atoms with Crippen LogP contribution in [0.3, 0.4) is 0 Å². The van der Waals surface area contributed by atoms with Gasteiger partial charge in [-0.15, -0.1) is 0 Å². The minimum atomic E-state index is -0.774. The van der Waals surface area contributed by atoms with Crippen LogP contribution in [0.25, 0.3) is 0 Å². The second kappa shape index (κ2) is 72.1. The van der Waals surface area contributed by atoms with Gasteiger partial charge in [-0.05, 0) is 77.0 Å². The normalized spacial score (nSPS) is 12.2. The van der Waals surface area contributed by atoms with Crippen molar-refractivity contribution < 1.29 is 28.6 Å². The average molecular weight is 1170 g/mol. The highest BCUT2D eigenvalue weighted by Crippen LogP contribution is 2.19. The highest BCUT2D eigenvalue weighted by atomic mass is 16.6. The van der Waals surface area contributed by atoms with Crippen molar-refractivity contribution in [2.45, 2.75) is 425 Å². The summed E-state index contributed by atoms with van der Waals surface area (Å²) in [5.74, 6) is -0.846. The molecule has 0 aromatic rings. The van der Waals surface area contributed by atoms with Gasteiger partial charge in [0.1, 0.15) is 13.2 Å². The second-order valence-electron chi connectivity index (χ2n) is 25.6. The van der Waals surface area contributed by atoms with Crippen molar-refractivity contribution in [1.82, 2.24) is 0 Å². The van der Waals surface area contributed by atoms with E-state index >= 15 is 0 Å². The monoisotopic (exact) mass is 1170 g/mol. The first-order chi connectivity index (χ1) is 41.0. The summed E-state index contributed by atoms with van der Waals surface area (Å²) in [6, 6.07) is 0. The van der Waals surface area contributed by atoms with Gasteiger partial charge in [0.15, 0.2) is 6.10 Å². The molecular weight excluding hydrogens is 1020 g/mol. The van der Waals surface area contributed by atoms with Crippen LogP contribution in [0.2, 0.25) is 0 Å². The number of carbonyl (C=O) groups excluding carboxylic acids is 3. The van der Waals surface area contributed by atoms with Crippen molar-refractivity contribution in [2.75, 3.05) is 13.2 Å². The molecule has 0 bridgehead atoms. The summed E-state index contributed by atoms with van der Waals surface area (Å²) < 4.78 is 17.0. The van der Waals surface area contributed by atoms with Gasteiger partial charge in [-0.25, -0.2) is 0 Å². The fourth-order valence-corrected chi connectivity index (χ4v) is 11.5. The molecule has 0 saturated carbocycles. The molecule has 1 atom stereocenters. The molecule has 0 rings (SSSR count). The molecule has 0 fully saturated rings. The SMILES string of the molecule is CCCCC/C=C\C/C=C\CCCCCCCCCC(=O)OC(COC(=O)CCCCCCCCCCCCCCCCC)COC(=O)CCCCCCCCCCCCCCCCCCCCCCC/C=C\CCCCCCCCCC. The van der Waals surface area contributed by atoms with E-state index in [1.54, 1.807) is 0 Å².